The first kappa shape index (κ1) is 12.8. The largest absolute Gasteiger partial charge is 0.475 e. The number of hydrogen-bond donors (Lipinski definition) is 1. The molecule has 0 fully saturated rings. The van der Waals surface area contributed by atoms with Crippen LogP contribution >= 0.6 is 0 Å². The van der Waals surface area contributed by atoms with Crippen molar-refractivity contribution < 1.29 is 9.13 Å². The number of hydrogen-bond acceptors (Lipinski definition) is 4. The minimum absolute atomic E-state index is 0.0242. The standard InChI is InChI=1S/C13H18FN3O/c1-9-5-3-4-6-10(9)8-18-12-11(14)7-16-13(15-2)17-12/h3-4,7,9-10H,5-6,8H2,1-2H3,(H,15,16,17). The van der Waals surface area contributed by atoms with E-state index >= 15 is 0 Å². The van der Waals surface area contributed by atoms with Crippen LogP contribution in [0.3, 0.4) is 0 Å². The highest BCUT2D eigenvalue weighted by Gasteiger charge is 2.20. The molecule has 0 amide bonds. The molecular formula is C13H18FN3O. The van der Waals surface area contributed by atoms with Crippen LogP contribution in [0, 0.1) is 17.7 Å². The molecule has 1 N–H and O–H groups in total. The third kappa shape index (κ3) is 2.97. The molecule has 1 aliphatic rings. The first-order chi connectivity index (χ1) is 8.70. The molecule has 0 aromatic carbocycles. The quantitative estimate of drug-likeness (QED) is 0.836. The molecule has 2 rings (SSSR count). The van der Waals surface area contributed by atoms with Gasteiger partial charge in [0, 0.05) is 7.05 Å². The number of aromatic nitrogens is 2. The van der Waals surface area contributed by atoms with E-state index < -0.39 is 5.82 Å². The normalized spacial score (nSPS) is 22.8. The fraction of sp³-hybridized carbons (Fsp3) is 0.538. The highest BCUT2D eigenvalue weighted by atomic mass is 19.1. The summed E-state index contributed by atoms with van der Waals surface area (Å²) in [7, 11) is 1.69. The topological polar surface area (TPSA) is 47.0 Å². The number of ether oxygens (including phenoxy) is 1. The summed E-state index contributed by atoms with van der Waals surface area (Å²) in [4.78, 5) is 7.74. The number of nitrogens with one attached hydrogen (secondary N) is 1. The van der Waals surface area contributed by atoms with Crippen LogP contribution in [0.2, 0.25) is 0 Å². The van der Waals surface area contributed by atoms with Crippen molar-refractivity contribution in [2.24, 2.45) is 11.8 Å². The van der Waals surface area contributed by atoms with Crippen LogP contribution in [0.5, 0.6) is 5.88 Å². The Labute approximate surface area is 106 Å². The zero-order valence-electron chi connectivity index (χ0n) is 10.7. The third-order valence-electron chi connectivity index (χ3n) is 3.29. The average Bonchev–Trinajstić information content (AvgIpc) is 2.39. The molecule has 0 saturated heterocycles. The Kier molecular flexibility index (Phi) is 4.12. The van der Waals surface area contributed by atoms with Crippen LogP contribution in [-0.4, -0.2) is 23.6 Å². The maximum atomic E-state index is 13.5. The molecule has 1 aromatic rings. The second-order valence-electron chi connectivity index (χ2n) is 4.59. The lowest BCUT2D eigenvalue weighted by atomic mass is 9.85. The maximum absolute atomic E-state index is 13.5. The summed E-state index contributed by atoms with van der Waals surface area (Å²) in [5.41, 5.74) is 0. The fourth-order valence-electron chi connectivity index (χ4n) is 2.00. The Morgan fingerprint density at radius 2 is 2.22 bits per heavy atom. The lowest BCUT2D eigenvalue weighted by Gasteiger charge is -2.24. The highest BCUT2D eigenvalue weighted by Crippen LogP contribution is 2.26. The molecule has 0 spiro atoms. The molecule has 1 heterocycles. The van der Waals surface area contributed by atoms with E-state index in [2.05, 4.69) is 34.4 Å². The van der Waals surface area contributed by atoms with E-state index in [-0.39, 0.29) is 5.88 Å². The molecule has 4 nitrogen and oxygen atoms in total. The predicted octanol–water partition coefficient (Wildman–Crippen LogP) is 2.64. The van der Waals surface area contributed by atoms with Gasteiger partial charge in [0.25, 0.3) is 5.88 Å². The fourth-order valence-corrected chi connectivity index (χ4v) is 2.00. The highest BCUT2D eigenvalue weighted by molar-refractivity contribution is 5.27. The Bertz CT molecular complexity index is 436. The summed E-state index contributed by atoms with van der Waals surface area (Å²) in [6.45, 7) is 2.68. The number of rotatable bonds is 4. The second kappa shape index (κ2) is 5.80. The van der Waals surface area contributed by atoms with E-state index in [0.717, 1.165) is 19.0 Å². The lowest BCUT2D eigenvalue weighted by Crippen LogP contribution is -2.21. The number of allylic oxidation sites excluding steroid dienone is 2. The summed E-state index contributed by atoms with van der Waals surface area (Å²) in [5, 5.41) is 2.76. The maximum Gasteiger partial charge on any atom is 0.255 e. The van der Waals surface area contributed by atoms with Gasteiger partial charge in [0.05, 0.1) is 12.8 Å². The van der Waals surface area contributed by atoms with Crippen molar-refractivity contribution in [2.45, 2.75) is 19.8 Å². The van der Waals surface area contributed by atoms with E-state index in [1.807, 2.05) is 0 Å². The minimum atomic E-state index is -0.520. The molecule has 0 saturated carbocycles. The van der Waals surface area contributed by atoms with Gasteiger partial charge in [-0.05, 0) is 24.7 Å². The first-order valence-corrected chi connectivity index (χ1v) is 6.18. The van der Waals surface area contributed by atoms with Crippen molar-refractivity contribution in [1.82, 2.24) is 9.97 Å². The molecule has 5 heteroatoms. The number of anilines is 1. The van der Waals surface area contributed by atoms with Gasteiger partial charge < -0.3 is 10.1 Å². The zero-order chi connectivity index (χ0) is 13.0. The van der Waals surface area contributed by atoms with E-state index in [9.17, 15) is 4.39 Å². The van der Waals surface area contributed by atoms with E-state index in [4.69, 9.17) is 4.74 Å². The van der Waals surface area contributed by atoms with Crippen LogP contribution in [0.15, 0.2) is 18.3 Å². The minimum Gasteiger partial charge on any atom is -0.475 e. The van der Waals surface area contributed by atoms with Crippen molar-refractivity contribution >= 4 is 5.95 Å². The van der Waals surface area contributed by atoms with Crippen LogP contribution < -0.4 is 10.1 Å². The van der Waals surface area contributed by atoms with Gasteiger partial charge in [-0.3, -0.25) is 0 Å². The van der Waals surface area contributed by atoms with Gasteiger partial charge >= 0.3 is 0 Å². The van der Waals surface area contributed by atoms with Crippen LogP contribution in [0.1, 0.15) is 19.8 Å². The van der Waals surface area contributed by atoms with Gasteiger partial charge in [0.2, 0.25) is 11.8 Å². The Balaban J connectivity index is 1.99. The number of halogens is 1. The van der Waals surface area contributed by atoms with Gasteiger partial charge in [0.15, 0.2) is 0 Å². The summed E-state index contributed by atoms with van der Waals surface area (Å²) in [5.74, 6) is 0.846. The molecule has 0 aliphatic heterocycles. The van der Waals surface area contributed by atoms with E-state index in [1.165, 1.54) is 0 Å². The van der Waals surface area contributed by atoms with Crippen molar-refractivity contribution in [3.05, 3.63) is 24.2 Å². The molecule has 1 aromatic heterocycles. The monoisotopic (exact) mass is 251 g/mol. The van der Waals surface area contributed by atoms with Gasteiger partial charge in [0.1, 0.15) is 0 Å². The Morgan fingerprint density at radius 1 is 1.44 bits per heavy atom. The SMILES string of the molecule is CNc1ncc(F)c(OCC2CC=CCC2C)n1. The van der Waals surface area contributed by atoms with E-state index in [1.54, 1.807) is 7.05 Å². The van der Waals surface area contributed by atoms with Crippen molar-refractivity contribution in [1.29, 1.82) is 0 Å². The molecule has 18 heavy (non-hydrogen) atoms. The summed E-state index contributed by atoms with van der Waals surface area (Å²) < 4.78 is 19.0. The van der Waals surface area contributed by atoms with Crippen LogP contribution in [0.4, 0.5) is 10.3 Å². The van der Waals surface area contributed by atoms with Gasteiger partial charge in [-0.25, -0.2) is 4.98 Å². The van der Waals surface area contributed by atoms with Gasteiger partial charge in [-0.2, -0.15) is 9.37 Å². The molecule has 98 valence electrons. The molecular weight excluding hydrogens is 233 g/mol. The summed E-state index contributed by atoms with van der Waals surface area (Å²) in [6, 6.07) is 0. The van der Waals surface area contributed by atoms with Crippen LogP contribution in [-0.2, 0) is 0 Å². The van der Waals surface area contributed by atoms with Gasteiger partial charge in [-0.15, -0.1) is 0 Å². The Hall–Kier alpha value is -1.65. The molecule has 1 aliphatic carbocycles. The second-order valence-corrected chi connectivity index (χ2v) is 4.59. The summed E-state index contributed by atoms with van der Waals surface area (Å²) >= 11 is 0. The van der Waals surface area contributed by atoms with Gasteiger partial charge in [-0.1, -0.05) is 19.1 Å². The summed E-state index contributed by atoms with van der Waals surface area (Å²) in [6.07, 6.45) is 7.50. The van der Waals surface area contributed by atoms with Crippen molar-refractivity contribution in [2.75, 3.05) is 19.0 Å². The predicted molar refractivity (Wildman–Crippen MR) is 68.1 cm³/mol. The molecule has 2 atom stereocenters. The Morgan fingerprint density at radius 3 is 2.94 bits per heavy atom. The number of nitrogens with zero attached hydrogens (tertiary/aromatic N) is 2. The zero-order valence-corrected chi connectivity index (χ0v) is 10.7. The smallest absolute Gasteiger partial charge is 0.255 e. The lowest BCUT2D eigenvalue weighted by molar-refractivity contribution is 0.186. The third-order valence-corrected chi connectivity index (χ3v) is 3.29. The molecule has 2 unspecified atom stereocenters. The van der Waals surface area contributed by atoms with Crippen LogP contribution in [0.25, 0.3) is 0 Å². The molecule has 0 bridgehead atoms. The first-order valence-electron chi connectivity index (χ1n) is 6.18. The van der Waals surface area contributed by atoms with Crippen molar-refractivity contribution in [3.63, 3.8) is 0 Å². The molecule has 0 radical (unpaired) electrons. The van der Waals surface area contributed by atoms with E-state index in [0.29, 0.717) is 24.4 Å². The average molecular weight is 251 g/mol. The van der Waals surface area contributed by atoms with Crippen molar-refractivity contribution in [3.8, 4) is 5.88 Å².